The molecule has 10 heteroatoms. The minimum absolute atomic E-state index is 0.0128. The molecular weight excluding hydrogens is 466 g/mol. The first-order valence-electron chi connectivity index (χ1n) is 12.3. The Morgan fingerprint density at radius 3 is 2.17 bits per heavy atom. The number of amides is 3. The van der Waals surface area contributed by atoms with Crippen molar-refractivity contribution in [3.63, 3.8) is 0 Å². The zero-order chi connectivity index (χ0) is 27.5. The van der Waals surface area contributed by atoms with Crippen LogP contribution >= 0.6 is 0 Å². The number of phenols is 1. The van der Waals surface area contributed by atoms with E-state index in [2.05, 4.69) is 10.6 Å². The van der Waals surface area contributed by atoms with Gasteiger partial charge in [0.2, 0.25) is 11.8 Å². The van der Waals surface area contributed by atoms with Crippen LogP contribution in [0.3, 0.4) is 0 Å². The Balaban J connectivity index is 3.25. The van der Waals surface area contributed by atoms with Crippen molar-refractivity contribution in [2.24, 2.45) is 5.92 Å². The molecule has 1 aromatic carbocycles. The molecule has 0 aliphatic heterocycles. The highest BCUT2D eigenvalue weighted by Crippen LogP contribution is 2.25. The molecule has 36 heavy (non-hydrogen) atoms. The molecule has 0 heterocycles. The first-order valence-corrected chi connectivity index (χ1v) is 12.3. The molecule has 10 nitrogen and oxygen atoms in total. The van der Waals surface area contributed by atoms with Crippen LogP contribution in [0.15, 0.2) is 24.3 Å². The number of nitrogens with one attached hydrogen (secondary N) is 2. The smallest absolute Gasteiger partial charge is 0.408 e. The number of ether oxygens (including phenoxy) is 2. The lowest BCUT2D eigenvalue weighted by molar-refractivity contribution is -0.144. The molecule has 0 saturated heterocycles. The van der Waals surface area contributed by atoms with E-state index in [0.717, 1.165) is 0 Å². The van der Waals surface area contributed by atoms with Gasteiger partial charge in [-0.1, -0.05) is 26.0 Å². The van der Waals surface area contributed by atoms with Gasteiger partial charge in [-0.3, -0.25) is 14.4 Å². The number of alkyl carbamates (subject to hydrolysis) is 1. The van der Waals surface area contributed by atoms with E-state index >= 15 is 0 Å². The number of aromatic hydroxyl groups is 1. The maximum absolute atomic E-state index is 13.7. The summed E-state index contributed by atoms with van der Waals surface area (Å²) in [6.45, 7) is 12.9. The zero-order valence-corrected chi connectivity index (χ0v) is 22.4. The number of phenolic OH excluding ortho intramolecular Hbond substituents is 1. The minimum Gasteiger partial charge on any atom is -0.508 e. The van der Waals surface area contributed by atoms with Crippen LogP contribution in [0.5, 0.6) is 5.75 Å². The molecular formula is C26H41N3O7. The summed E-state index contributed by atoms with van der Waals surface area (Å²) in [5.74, 6) is -1.31. The number of hydrogen-bond donors (Lipinski definition) is 3. The van der Waals surface area contributed by atoms with Crippen LogP contribution < -0.4 is 10.6 Å². The van der Waals surface area contributed by atoms with E-state index in [1.165, 1.54) is 17.0 Å². The molecule has 202 valence electrons. The second kappa shape index (κ2) is 14.3. The van der Waals surface area contributed by atoms with Crippen molar-refractivity contribution in [2.45, 2.75) is 79.0 Å². The van der Waals surface area contributed by atoms with Crippen LogP contribution in [-0.4, -0.2) is 65.2 Å². The summed E-state index contributed by atoms with van der Waals surface area (Å²) in [6, 6.07) is 3.99. The van der Waals surface area contributed by atoms with Crippen LogP contribution in [0.4, 0.5) is 4.79 Å². The number of benzene rings is 1. The van der Waals surface area contributed by atoms with Crippen LogP contribution in [0.1, 0.15) is 72.9 Å². The highest BCUT2D eigenvalue weighted by Gasteiger charge is 2.35. The zero-order valence-electron chi connectivity index (χ0n) is 22.4. The van der Waals surface area contributed by atoms with E-state index in [4.69, 9.17) is 9.47 Å². The average molecular weight is 508 g/mol. The lowest BCUT2D eigenvalue weighted by Crippen LogP contribution is -2.53. The number of rotatable bonds is 12. The van der Waals surface area contributed by atoms with Crippen LogP contribution in [-0.2, 0) is 23.9 Å². The summed E-state index contributed by atoms with van der Waals surface area (Å²) >= 11 is 0. The van der Waals surface area contributed by atoms with Crippen molar-refractivity contribution in [1.29, 1.82) is 0 Å². The van der Waals surface area contributed by atoms with Gasteiger partial charge in [-0.05, 0) is 64.7 Å². The summed E-state index contributed by atoms with van der Waals surface area (Å²) in [6.07, 6.45) is -0.405. The van der Waals surface area contributed by atoms with Crippen molar-refractivity contribution in [3.8, 4) is 5.75 Å². The minimum atomic E-state index is -1.06. The molecule has 3 N–H and O–H groups in total. The molecule has 0 bridgehead atoms. The van der Waals surface area contributed by atoms with Crippen molar-refractivity contribution in [3.05, 3.63) is 29.8 Å². The van der Waals surface area contributed by atoms with E-state index < -0.39 is 41.6 Å². The third-order valence-electron chi connectivity index (χ3n) is 5.02. The Hall–Kier alpha value is -3.30. The second-order valence-electron chi connectivity index (χ2n) is 9.79. The van der Waals surface area contributed by atoms with Gasteiger partial charge in [-0.15, -0.1) is 0 Å². The van der Waals surface area contributed by atoms with Gasteiger partial charge in [0.1, 0.15) is 23.4 Å². The Labute approximate surface area is 213 Å². The molecule has 2 atom stereocenters. The number of carbonyl (C=O) groups is 4. The predicted octanol–water partition coefficient (Wildman–Crippen LogP) is 3.29. The van der Waals surface area contributed by atoms with Gasteiger partial charge in [0, 0.05) is 13.1 Å². The van der Waals surface area contributed by atoms with Gasteiger partial charge in [0.25, 0.3) is 0 Å². The SMILES string of the molecule is CCOC(=O)CCNC(=O)C(c1ccc(O)cc1)N(CC)C(=O)C(CC(C)C)NC(=O)OC(C)(C)C. The Morgan fingerprint density at radius 1 is 1.06 bits per heavy atom. The third kappa shape index (κ3) is 10.5. The maximum atomic E-state index is 13.7. The van der Waals surface area contributed by atoms with E-state index in [1.54, 1.807) is 46.8 Å². The van der Waals surface area contributed by atoms with Gasteiger partial charge in [-0.25, -0.2) is 4.79 Å². The van der Waals surface area contributed by atoms with Crippen molar-refractivity contribution in [2.75, 3.05) is 19.7 Å². The average Bonchev–Trinajstić information content (AvgIpc) is 2.75. The maximum Gasteiger partial charge on any atom is 0.408 e. The standard InChI is InChI=1S/C26H41N3O7/c1-8-29(24(33)20(16-17(3)4)28-25(34)36-26(5,6)7)22(18-10-12-19(30)13-11-18)23(32)27-15-14-21(31)35-9-2/h10-13,17,20,22,30H,8-9,14-16H2,1-7H3,(H,27,32)(H,28,34). The van der Waals surface area contributed by atoms with E-state index in [1.807, 2.05) is 13.8 Å². The first-order chi connectivity index (χ1) is 16.8. The quantitative estimate of drug-likeness (QED) is 0.370. The molecule has 0 saturated carbocycles. The summed E-state index contributed by atoms with van der Waals surface area (Å²) in [5, 5.41) is 15.1. The van der Waals surface area contributed by atoms with Gasteiger partial charge >= 0.3 is 12.1 Å². The van der Waals surface area contributed by atoms with E-state index in [-0.39, 0.29) is 37.8 Å². The summed E-state index contributed by atoms with van der Waals surface area (Å²) in [7, 11) is 0. The number of hydrogen-bond acceptors (Lipinski definition) is 7. The second-order valence-corrected chi connectivity index (χ2v) is 9.79. The Morgan fingerprint density at radius 2 is 1.67 bits per heavy atom. The number of esters is 1. The number of nitrogens with zero attached hydrogens (tertiary/aromatic N) is 1. The molecule has 3 amide bonds. The molecule has 0 aliphatic rings. The molecule has 0 aromatic heterocycles. The van der Waals surface area contributed by atoms with Crippen LogP contribution in [0.2, 0.25) is 0 Å². The highest BCUT2D eigenvalue weighted by molar-refractivity contribution is 5.92. The number of carbonyl (C=O) groups excluding carboxylic acids is 4. The van der Waals surface area contributed by atoms with Crippen molar-refractivity contribution < 1.29 is 33.8 Å². The first kappa shape index (κ1) is 30.7. The lowest BCUT2D eigenvalue weighted by atomic mass is 9.99. The Kier molecular flexibility index (Phi) is 12.2. The van der Waals surface area contributed by atoms with Gasteiger partial charge in [0.05, 0.1) is 13.0 Å². The lowest BCUT2D eigenvalue weighted by Gasteiger charge is -2.34. The summed E-state index contributed by atoms with van der Waals surface area (Å²) in [5.41, 5.74) is -0.273. The molecule has 2 unspecified atom stereocenters. The fourth-order valence-electron chi connectivity index (χ4n) is 3.56. The van der Waals surface area contributed by atoms with Crippen LogP contribution in [0.25, 0.3) is 0 Å². The Bertz CT molecular complexity index is 879. The molecule has 1 aromatic rings. The van der Waals surface area contributed by atoms with Gasteiger partial charge < -0.3 is 30.1 Å². The molecule has 0 aliphatic carbocycles. The highest BCUT2D eigenvalue weighted by atomic mass is 16.6. The normalized spacial score (nSPS) is 12.9. The molecule has 0 spiro atoms. The summed E-state index contributed by atoms with van der Waals surface area (Å²) in [4.78, 5) is 52.5. The fraction of sp³-hybridized carbons (Fsp3) is 0.615. The van der Waals surface area contributed by atoms with Gasteiger partial charge in [-0.2, -0.15) is 0 Å². The largest absolute Gasteiger partial charge is 0.508 e. The predicted molar refractivity (Wildman–Crippen MR) is 135 cm³/mol. The monoisotopic (exact) mass is 507 g/mol. The van der Waals surface area contributed by atoms with E-state index in [0.29, 0.717) is 12.0 Å². The topological polar surface area (TPSA) is 134 Å². The van der Waals surface area contributed by atoms with Gasteiger partial charge in [0.15, 0.2) is 0 Å². The fourth-order valence-corrected chi connectivity index (χ4v) is 3.56. The number of likely N-dealkylation sites (N-methyl/N-ethyl adjacent to an activating group) is 1. The van der Waals surface area contributed by atoms with E-state index in [9.17, 15) is 24.3 Å². The van der Waals surface area contributed by atoms with Crippen molar-refractivity contribution >= 4 is 23.9 Å². The molecule has 1 rings (SSSR count). The molecule has 0 fully saturated rings. The molecule has 0 radical (unpaired) electrons. The van der Waals surface area contributed by atoms with Crippen LogP contribution in [0, 0.1) is 5.92 Å². The van der Waals surface area contributed by atoms with Crippen molar-refractivity contribution in [1.82, 2.24) is 15.5 Å². The third-order valence-corrected chi connectivity index (χ3v) is 5.02. The summed E-state index contributed by atoms with van der Waals surface area (Å²) < 4.78 is 10.2.